The highest BCUT2D eigenvalue weighted by Crippen LogP contribution is 2.53. The zero-order chi connectivity index (χ0) is 14.2. The van der Waals surface area contributed by atoms with E-state index in [0.29, 0.717) is 11.2 Å². The average Bonchev–Trinajstić information content (AvgIpc) is 2.47. The van der Waals surface area contributed by atoms with Crippen molar-refractivity contribution in [2.75, 3.05) is 5.32 Å². The van der Waals surface area contributed by atoms with Gasteiger partial charge in [-0.25, -0.2) is 5.43 Å². The van der Waals surface area contributed by atoms with Gasteiger partial charge in [-0.3, -0.25) is 5.43 Å². The van der Waals surface area contributed by atoms with E-state index in [9.17, 15) is 0 Å². The summed E-state index contributed by atoms with van der Waals surface area (Å²) in [6.45, 7) is 0. The number of thiocarbonyl (C=S) groups is 1. The Bertz CT molecular complexity index is 488. The number of rotatable bonds is 3. The Kier molecular flexibility index (Phi) is 3.59. The van der Waals surface area contributed by atoms with Crippen molar-refractivity contribution < 1.29 is 0 Å². The van der Waals surface area contributed by atoms with Crippen LogP contribution in [-0.2, 0) is 0 Å². The van der Waals surface area contributed by atoms with Gasteiger partial charge >= 0.3 is 0 Å². The van der Waals surface area contributed by atoms with Gasteiger partial charge in [0.15, 0.2) is 5.11 Å². The van der Waals surface area contributed by atoms with E-state index in [4.69, 9.17) is 12.2 Å². The van der Waals surface area contributed by atoms with E-state index in [1.165, 1.54) is 32.1 Å². The Labute approximate surface area is 131 Å². The minimum absolute atomic E-state index is 0.605. The maximum atomic E-state index is 5.38. The van der Waals surface area contributed by atoms with Gasteiger partial charge in [-0.05, 0) is 80.1 Å². The summed E-state index contributed by atoms with van der Waals surface area (Å²) in [6.07, 6.45) is 7.19. The van der Waals surface area contributed by atoms with Crippen molar-refractivity contribution in [2.45, 2.75) is 38.1 Å². The summed E-state index contributed by atoms with van der Waals surface area (Å²) >= 11 is 5.38. The van der Waals surface area contributed by atoms with Crippen molar-refractivity contribution in [1.82, 2.24) is 10.9 Å². The molecule has 0 radical (unpaired) electrons. The number of hydrogen-bond donors (Lipinski definition) is 3. The summed E-state index contributed by atoms with van der Waals surface area (Å²) in [7, 11) is 0. The molecule has 0 heterocycles. The third-order valence-electron chi connectivity index (χ3n) is 5.61. The zero-order valence-electron chi connectivity index (χ0n) is 12.2. The van der Waals surface area contributed by atoms with Crippen LogP contribution in [0.3, 0.4) is 0 Å². The molecule has 21 heavy (non-hydrogen) atoms. The van der Waals surface area contributed by atoms with Crippen LogP contribution in [0.15, 0.2) is 30.3 Å². The zero-order valence-corrected chi connectivity index (χ0v) is 13.0. The maximum absolute atomic E-state index is 5.38. The third kappa shape index (κ3) is 2.79. The van der Waals surface area contributed by atoms with E-state index >= 15 is 0 Å². The third-order valence-corrected chi connectivity index (χ3v) is 5.81. The molecule has 0 amide bonds. The Morgan fingerprint density at radius 1 is 0.905 bits per heavy atom. The number of hydrazine groups is 1. The maximum Gasteiger partial charge on any atom is 0.185 e. The van der Waals surface area contributed by atoms with Crippen LogP contribution < -0.4 is 16.2 Å². The first kappa shape index (κ1) is 13.5. The van der Waals surface area contributed by atoms with Gasteiger partial charge in [0.2, 0.25) is 0 Å². The first-order valence-electron chi connectivity index (χ1n) is 8.15. The lowest BCUT2D eigenvalue weighted by atomic mass is 9.54. The first-order valence-corrected chi connectivity index (χ1v) is 8.56. The van der Waals surface area contributed by atoms with Gasteiger partial charge in [0.05, 0.1) is 0 Å². The lowest BCUT2D eigenvalue weighted by Gasteiger charge is -2.54. The van der Waals surface area contributed by atoms with Crippen molar-refractivity contribution in [3.8, 4) is 0 Å². The van der Waals surface area contributed by atoms with Crippen LogP contribution in [-0.4, -0.2) is 11.2 Å². The molecule has 3 nitrogen and oxygen atoms in total. The van der Waals surface area contributed by atoms with E-state index in [1.807, 2.05) is 30.3 Å². The number of nitrogens with one attached hydrogen (secondary N) is 3. The van der Waals surface area contributed by atoms with E-state index < -0.39 is 0 Å². The van der Waals surface area contributed by atoms with Gasteiger partial charge in [-0.1, -0.05) is 18.2 Å². The molecule has 4 aliphatic carbocycles. The molecule has 5 rings (SSSR count). The fourth-order valence-electron chi connectivity index (χ4n) is 4.99. The van der Waals surface area contributed by atoms with Crippen LogP contribution in [0.5, 0.6) is 0 Å². The summed E-state index contributed by atoms with van der Waals surface area (Å²) in [6, 6.07) is 10.7. The van der Waals surface area contributed by atoms with Crippen LogP contribution in [0.25, 0.3) is 0 Å². The lowest BCUT2D eigenvalue weighted by Crippen LogP contribution is -2.59. The Balaban J connectivity index is 1.32. The lowest BCUT2D eigenvalue weighted by molar-refractivity contribution is -0.0161. The molecule has 0 unspecified atom stereocenters. The summed E-state index contributed by atoms with van der Waals surface area (Å²) in [5.74, 6) is 3.74. The minimum Gasteiger partial charge on any atom is -0.332 e. The molecule has 0 aromatic heterocycles. The van der Waals surface area contributed by atoms with Gasteiger partial charge in [-0.15, -0.1) is 0 Å². The van der Waals surface area contributed by atoms with Crippen LogP contribution in [0.2, 0.25) is 0 Å². The monoisotopic (exact) mass is 301 g/mol. The standard InChI is InChI=1S/C17H23N3S/c21-17(18-15-4-2-1-3-5-15)20-19-16-13-7-11-6-12(9-13)10-14(16)8-11/h1-5,11-14,16,19H,6-10H2,(H2,18,20,21). The highest BCUT2D eigenvalue weighted by molar-refractivity contribution is 7.80. The SMILES string of the molecule is S=C(NNC1C2CC3CC(C2)CC1C3)Nc1ccccc1. The van der Waals surface area contributed by atoms with Crippen LogP contribution in [0.4, 0.5) is 5.69 Å². The van der Waals surface area contributed by atoms with E-state index in [-0.39, 0.29) is 0 Å². The second kappa shape index (κ2) is 5.58. The van der Waals surface area contributed by atoms with Crippen LogP contribution in [0, 0.1) is 23.7 Å². The van der Waals surface area contributed by atoms with E-state index in [1.54, 1.807) is 0 Å². The second-order valence-electron chi connectivity index (χ2n) is 7.05. The minimum atomic E-state index is 0.605. The van der Waals surface area contributed by atoms with Crippen molar-refractivity contribution in [2.24, 2.45) is 23.7 Å². The van der Waals surface area contributed by atoms with E-state index in [2.05, 4.69) is 16.2 Å². The van der Waals surface area contributed by atoms with E-state index in [0.717, 1.165) is 29.4 Å². The molecule has 0 spiro atoms. The van der Waals surface area contributed by atoms with Gasteiger partial charge < -0.3 is 5.32 Å². The Hall–Kier alpha value is -1.13. The molecular formula is C17H23N3S. The van der Waals surface area contributed by atoms with Crippen molar-refractivity contribution >= 4 is 23.0 Å². The molecule has 4 bridgehead atoms. The first-order chi connectivity index (χ1) is 10.3. The second-order valence-corrected chi connectivity index (χ2v) is 7.45. The molecule has 0 atom stereocenters. The van der Waals surface area contributed by atoms with Crippen molar-refractivity contribution in [1.29, 1.82) is 0 Å². The highest BCUT2D eigenvalue weighted by atomic mass is 32.1. The summed E-state index contributed by atoms with van der Waals surface area (Å²) in [5.41, 5.74) is 7.79. The molecule has 112 valence electrons. The molecule has 0 aliphatic heterocycles. The quantitative estimate of drug-likeness (QED) is 0.591. The van der Waals surface area contributed by atoms with Gasteiger partial charge in [0, 0.05) is 11.7 Å². The topological polar surface area (TPSA) is 36.1 Å². The molecule has 4 fully saturated rings. The molecule has 0 saturated heterocycles. The fraction of sp³-hybridized carbons (Fsp3) is 0.588. The van der Waals surface area contributed by atoms with Gasteiger partial charge in [0.1, 0.15) is 0 Å². The summed E-state index contributed by atoms with van der Waals surface area (Å²) < 4.78 is 0. The van der Waals surface area contributed by atoms with Crippen molar-refractivity contribution in [3.63, 3.8) is 0 Å². The summed E-state index contributed by atoms with van der Waals surface area (Å²) in [4.78, 5) is 0. The summed E-state index contributed by atoms with van der Waals surface area (Å²) in [5, 5.41) is 3.88. The molecule has 3 N–H and O–H groups in total. The highest BCUT2D eigenvalue weighted by Gasteiger charge is 2.48. The molecular weight excluding hydrogens is 278 g/mol. The van der Waals surface area contributed by atoms with Crippen LogP contribution >= 0.6 is 12.2 Å². The number of hydrogen-bond acceptors (Lipinski definition) is 2. The molecule has 4 saturated carbocycles. The van der Waals surface area contributed by atoms with Gasteiger partial charge in [0.25, 0.3) is 0 Å². The van der Waals surface area contributed by atoms with Crippen LogP contribution in [0.1, 0.15) is 32.1 Å². The molecule has 1 aromatic carbocycles. The number of anilines is 1. The fourth-order valence-corrected chi connectivity index (χ4v) is 5.17. The largest absolute Gasteiger partial charge is 0.332 e. The average molecular weight is 301 g/mol. The Morgan fingerprint density at radius 3 is 2.14 bits per heavy atom. The van der Waals surface area contributed by atoms with Gasteiger partial charge in [-0.2, -0.15) is 0 Å². The Morgan fingerprint density at radius 2 is 1.52 bits per heavy atom. The number of para-hydroxylation sites is 1. The molecule has 4 heteroatoms. The normalized spacial score (nSPS) is 36.5. The molecule has 4 aliphatic rings. The molecule has 1 aromatic rings. The predicted molar refractivity (Wildman–Crippen MR) is 89.8 cm³/mol. The number of benzene rings is 1. The smallest absolute Gasteiger partial charge is 0.185 e. The van der Waals surface area contributed by atoms with Crippen molar-refractivity contribution in [3.05, 3.63) is 30.3 Å². The predicted octanol–water partition coefficient (Wildman–Crippen LogP) is 3.30.